The molecular formula is C19H29NO7S. The van der Waals surface area contributed by atoms with E-state index in [9.17, 15) is 23.1 Å². The van der Waals surface area contributed by atoms with E-state index in [4.69, 9.17) is 8.92 Å². The Hall–Kier alpha value is -2.13. The molecule has 2 unspecified atom stereocenters. The number of nitrogens with one attached hydrogen (secondary N) is 1. The number of carboxylic acid groups (broad SMARTS) is 1. The molecule has 0 fully saturated rings. The Morgan fingerprint density at radius 1 is 1.18 bits per heavy atom. The maximum Gasteiger partial charge on any atom is 0.408 e. The summed E-state index contributed by atoms with van der Waals surface area (Å²) in [5.41, 5.74) is 0.381. The minimum Gasteiger partial charge on any atom is -0.480 e. The molecule has 0 spiro atoms. The van der Waals surface area contributed by atoms with Crippen LogP contribution in [-0.2, 0) is 30.4 Å². The van der Waals surface area contributed by atoms with Crippen molar-refractivity contribution in [1.29, 1.82) is 0 Å². The molecule has 8 nitrogen and oxygen atoms in total. The van der Waals surface area contributed by atoms with Crippen LogP contribution in [-0.4, -0.2) is 43.5 Å². The van der Waals surface area contributed by atoms with Gasteiger partial charge in [0.2, 0.25) is 0 Å². The third-order valence-corrected chi connectivity index (χ3v) is 5.61. The van der Waals surface area contributed by atoms with Gasteiger partial charge >= 0.3 is 12.1 Å². The van der Waals surface area contributed by atoms with Gasteiger partial charge in [-0.15, -0.1) is 0 Å². The molecule has 0 saturated carbocycles. The average molecular weight is 416 g/mol. The summed E-state index contributed by atoms with van der Waals surface area (Å²) in [6, 6.07) is 7.48. The van der Waals surface area contributed by atoms with Gasteiger partial charge in [-0.3, -0.25) is 4.18 Å². The van der Waals surface area contributed by atoms with Crippen molar-refractivity contribution in [3.8, 4) is 0 Å². The van der Waals surface area contributed by atoms with E-state index < -0.39 is 33.5 Å². The van der Waals surface area contributed by atoms with Crippen molar-refractivity contribution in [2.75, 3.05) is 6.61 Å². The Labute approximate surface area is 166 Å². The number of carbonyl (C=O) groups excluding carboxylic acids is 1. The summed E-state index contributed by atoms with van der Waals surface area (Å²) in [6.07, 6.45) is -1.10. The molecule has 1 aromatic rings. The highest BCUT2D eigenvalue weighted by Crippen LogP contribution is 2.20. The first-order valence-electron chi connectivity index (χ1n) is 9.03. The maximum atomic E-state index is 12.4. The topological polar surface area (TPSA) is 119 Å². The summed E-state index contributed by atoms with van der Waals surface area (Å²) < 4.78 is 34.9. The molecule has 2 N–H and O–H groups in total. The van der Waals surface area contributed by atoms with Gasteiger partial charge in [0.25, 0.3) is 10.1 Å². The number of carboxylic acids is 1. The number of alkyl carbamates (subject to hydrolysis) is 1. The Kier molecular flexibility index (Phi) is 8.90. The monoisotopic (exact) mass is 415 g/mol. The van der Waals surface area contributed by atoms with Crippen LogP contribution in [0.2, 0.25) is 0 Å². The van der Waals surface area contributed by atoms with Crippen LogP contribution in [0.5, 0.6) is 0 Å². The van der Waals surface area contributed by atoms with Gasteiger partial charge in [0.1, 0.15) is 12.6 Å². The lowest BCUT2D eigenvalue weighted by Gasteiger charge is -2.23. The summed E-state index contributed by atoms with van der Waals surface area (Å²) in [7, 11) is -3.98. The van der Waals surface area contributed by atoms with Gasteiger partial charge in [-0.1, -0.05) is 58.0 Å². The molecule has 0 heterocycles. The average Bonchev–Trinajstić information content (AvgIpc) is 2.61. The summed E-state index contributed by atoms with van der Waals surface area (Å²) >= 11 is 0. The lowest BCUT2D eigenvalue weighted by molar-refractivity contribution is -0.139. The zero-order valence-electron chi connectivity index (χ0n) is 16.7. The summed E-state index contributed by atoms with van der Waals surface area (Å²) in [5, 5.41) is 10.5. The molecule has 0 aromatic heterocycles. The molecule has 0 bridgehead atoms. The number of hydrogen-bond donors (Lipinski definition) is 2. The van der Waals surface area contributed by atoms with E-state index in [-0.39, 0.29) is 31.5 Å². The fourth-order valence-corrected chi connectivity index (χ4v) is 3.78. The Bertz CT molecular complexity index is 741. The van der Waals surface area contributed by atoms with Crippen LogP contribution in [0.15, 0.2) is 30.3 Å². The molecule has 28 heavy (non-hydrogen) atoms. The fraction of sp³-hybridized carbons (Fsp3) is 0.579. The Balaban J connectivity index is 2.70. The van der Waals surface area contributed by atoms with Crippen molar-refractivity contribution in [1.82, 2.24) is 5.32 Å². The number of ether oxygens (including phenoxy) is 1. The zero-order chi connectivity index (χ0) is 21.4. The van der Waals surface area contributed by atoms with E-state index in [2.05, 4.69) is 5.32 Å². The van der Waals surface area contributed by atoms with Crippen LogP contribution >= 0.6 is 0 Å². The van der Waals surface area contributed by atoms with Crippen LogP contribution in [0, 0.1) is 5.41 Å². The number of benzene rings is 1. The van der Waals surface area contributed by atoms with E-state index in [0.717, 1.165) is 5.56 Å². The zero-order valence-corrected chi connectivity index (χ0v) is 17.5. The SMILES string of the molecule is CCC(CC(NC(=O)OCc1ccccc1)C(=O)O)S(=O)(=O)OCC(C)(C)C. The standard InChI is InChI=1S/C19H29NO7S/c1-5-15(28(24,25)27-13-19(2,3)4)11-16(17(21)22)20-18(23)26-12-14-9-7-6-8-10-14/h6-10,15-16H,5,11-13H2,1-4H3,(H,20,23)(H,21,22). The number of carbonyl (C=O) groups is 2. The second-order valence-electron chi connectivity index (χ2n) is 7.68. The highest BCUT2D eigenvalue weighted by Gasteiger charge is 2.33. The molecule has 0 aliphatic rings. The minimum atomic E-state index is -3.98. The van der Waals surface area contributed by atoms with Gasteiger partial charge in [0.15, 0.2) is 0 Å². The molecule has 1 amide bonds. The molecular weight excluding hydrogens is 386 g/mol. The molecule has 0 aliphatic heterocycles. The Morgan fingerprint density at radius 3 is 2.29 bits per heavy atom. The maximum absolute atomic E-state index is 12.4. The predicted molar refractivity (Wildman–Crippen MR) is 104 cm³/mol. The van der Waals surface area contributed by atoms with E-state index in [1.165, 1.54) is 0 Å². The van der Waals surface area contributed by atoms with Crippen LogP contribution in [0.4, 0.5) is 4.79 Å². The number of rotatable bonds is 10. The second kappa shape index (κ2) is 10.4. The van der Waals surface area contributed by atoms with E-state index >= 15 is 0 Å². The van der Waals surface area contributed by atoms with Crippen molar-refractivity contribution in [2.24, 2.45) is 5.41 Å². The molecule has 9 heteroatoms. The molecule has 1 aromatic carbocycles. The van der Waals surface area contributed by atoms with Crippen LogP contribution < -0.4 is 5.32 Å². The highest BCUT2D eigenvalue weighted by molar-refractivity contribution is 7.87. The first-order valence-corrected chi connectivity index (χ1v) is 10.5. The van der Waals surface area contributed by atoms with Gasteiger partial charge < -0.3 is 15.2 Å². The number of aliphatic carboxylic acids is 1. The quantitative estimate of drug-likeness (QED) is 0.564. The van der Waals surface area contributed by atoms with Crippen molar-refractivity contribution in [3.05, 3.63) is 35.9 Å². The van der Waals surface area contributed by atoms with Crippen LogP contribution in [0.25, 0.3) is 0 Å². The summed E-state index contributed by atoms with van der Waals surface area (Å²) in [5.74, 6) is -1.35. The molecule has 0 saturated heterocycles. The van der Waals surface area contributed by atoms with Gasteiger partial charge in [-0.25, -0.2) is 9.59 Å². The number of amides is 1. The summed E-state index contributed by atoms with van der Waals surface area (Å²) in [4.78, 5) is 23.4. The van der Waals surface area contributed by atoms with Gasteiger partial charge in [0, 0.05) is 0 Å². The van der Waals surface area contributed by atoms with E-state index in [1.807, 2.05) is 26.8 Å². The Morgan fingerprint density at radius 2 is 1.79 bits per heavy atom. The third kappa shape index (κ3) is 8.71. The summed E-state index contributed by atoms with van der Waals surface area (Å²) in [6.45, 7) is 7.06. The normalized spacial score (nSPS) is 14.1. The smallest absolute Gasteiger partial charge is 0.408 e. The van der Waals surface area contributed by atoms with E-state index in [0.29, 0.717) is 0 Å². The van der Waals surface area contributed by atoms with Crippen molar-refractivity contribution >= 4 is 22.2 Å². The van der Waals surface area contributed by atoms with Gasteiger partial charge in [-0.2, -0.15) is 8.42 Å². The van der Waals surface area contributed by atoms with Crippen LogP contribution in [0.3, 0.4) is 0 Å². The molecule has 0 radical (unpaired) electrons. The van der Waals surface area contributed by atoms with Crippen molar-refractivity contribution in [2.45, 2.75) is 58.4 Å². The van der Waals surface area contributed by atoms with Crippen LogP contribution in [0.1, 0.15) is 46.1 Å². The fourth-order valence-electron chi connectivity index (χ4n) is 2.24. The van der Waals surface area contributed by atoms with Crippen molar-refractivity contribution < 1.29 is 32.0 Å². The first-order chi connectivity index (χ1) is 12.9. The first kappa shape index (κ1) is 23.9. The predicted octanol–water partition coefficient (Wildman–Crippen LogP) is 2.93. The minimum absolute atomic E-state index is 0.0177. The largest absolute Gasteiger partial charge is 0.480 e. The molecule has 0 aliphatic carbocycles. The van der Waals surface area contributed by atoms with Gasteiger partial charge in [-0.05, 0) is 23.8 Å². The van der Waals surface area contributed by atoms with Crippen molar-refractivity contribution in [3.63, 3.8) is 0 Å². The van der Waals surface area contributed by atoms with E-state index in [1.54, 1.807) is 31.2 Å². The van der Waals surface area contributed by atoms with Gasteiger partial charge in [0.05, 0.1) is 11.9 Å². The third-order valence-electron chi connectivity index (χ3n) is 3.82. The molecule has 2 atom stereocenters. The lowest BCUT2D eigenvalue weighted by Crippen LogP contribution is -2.44. The second-order valence-corrected chi connectivity index (χ2v) is 9.57. The molecule has 1 rings (SSSR count). The lowest BCUT2D eigenvalue weighted by atomic mass is 9.99. The number of hydrogen-bond acceptors (Lipinski definition) is 6. The molecule has 158 valence electrons. The highest BCUT2D eigenvalue weighted by atomic mass is 32.2.